The molecule has 1 aliphatic heterocycles. The van der Waals surface area contributed by atoms with Crippen LogP contribution in [0.25, 0.3) is 0 Å². The van der Waals surface area contributed by atoms with Crippen molar-refractivity contribution in [2.75, 3.05) is 32.1 Å². The molecule has 1 atom stereocenters. The fourth-order valence-corrected chi connectivity index (χ4v) is 2.34. The standard InChI is InChI=1S/C14H19N3O4/c1-21-10-2-3-12(11(6-10)13(18)19)16-14(20)17-5-4-9(7-15)8-17/h2-3,6,9H,4-5,7-8,15H2,1H3,(H,16,20)(H,18,19). The van der Waals surface area contributed by atoms with Gasteiger partial charge in [-0.25, -0.2) is 9.59 Å². The SMILES string of the molecule is COc1ccc(NC(=O)N2CCC(CN)C2)c(C(=O)O)c1. The molecule has 21 heavy (non-hydrogen) atoms. The lowest BCUT2D eigenvalue weighted by atomic mass is 10.1. The fourth-order valence-electron chi connectivity index (χ4n) is 2.34. The molecule has 0 spiro atoms. The summed E-state index contributed by atoms with van der Waals surface area (Å²) in [5, 5.41) is 11.8. The van der Waals surface area contributed by atoms with Gasteiger partial charge in [-0.3, -0.25) is 0 Å². The third kappa shape index (κ3) is 3.43. The molecule has 0 bridgehead atoms. The summed E-state index contributed by atoms with van der Waals surface area (Å²) < 4.78 is 4.99. The summed E-state index contributed by atoms with van der Waals surface area (Å²) in [4.78, 5) is 25.1. The molecule has 1 aliphatic rings. The van der Waals surface area contributed by atoms with E-state index in [0.29, 0.717) is 31.3 Å². The van der Waals surface area contributed by atoms with E-state index in [-0.39, 0.29) is 17.3 Å². The third-order valence-electron chi connectivity index (χ3n) is 3.61. The van der Waals surface area contributed by atoms with Gasteiger partial charge in [0.25, 0.3) is 0 Å². The van der Waals surface area contributed by atoms with Crippen LogP contribution in [0.4, 0.5) is 10.5 Å². The summed E-state index contributed by atoms with van der Waals surface area (Å²) in [5.74, 6) is -0.384. The van der Waals surface area contributed by atoms with Gasteiger partial charge in [-0.15, -0.1) is 0 Å². The number of anilines is 1. The Kier molecular flexibility index (Phi) is 4.64. The maximum Gasteiger partial charge on any atom is 0.337 e. The van der Waals surface area contributed by atoms with E-state index >= 15 is 0 Å². The van der Waals surface area contributed by atoms with Gasteiger partial charge in [-0.2, -0.15) is 0 Å². The van der Waals surface area contributed by atoms with Crippen LogP contribution in [0.3, 0.4) is 0 Å². The number of ether oxygens (including phenoxy) is 1. The highest BCUT2D eigenvalue weighted by molar-refractivity contribution is 6.00. The third-order valence-corrected chi connectivity index (χ3v) is 3.61. The second-order valence-corrected chi connectivity index (χ2v) is 4.98. The van der Waals surface area contributed by atoms with Gasteiger partial charge in [0.15, 0.2) is 0 Å². The summed E-state index contributed by atoms with van der Waals surface area (Å²) in [7, 11) is 1.45. The van der Waals surface area contributed by atoms with Crippen LogP contribution in [0.15, 0.2) is 18.2 Å². The second kappa shape index (κ2) is 6.45. The summed E-state index contributed by atoms with van der Waals surface area (Å²) in [5.41, 5.74) is 5.85. The number of likely N-dealkylation sites (tertiary alicyclic amines) is 1. The largest absolute Gasteiger partial charge is 0.497 e. The zero-order valence-corrected chi connectivity index (χ0v) is 11.8. The molecule has 1 heterocycles. The summed E-state index contributed by atoms with van der Waals surface area (Å²) in [6, 6.07) is 4.20. The lowest BCUT2D eigenvalue weighted by molar-refractivity contribution is 0.0697. The fraction of sp³-hybridized carbons (Fsp3) is 0.429. The Labute approximate surface area is 122 Å². The number of aromatic carboxylic acids is 1. The molecule has 0 aliphatic carbocycles. The van der Waals surface area contributed by atoms with Crippen molar-refractivity contribution in [3.05, 3.63) is 23.8 Å². The van der Waals surface area contributed by atoms with Gasteiger partial charge in [0.05, 0.1) is 18.4 Å². The highest BCUT2D eigenvalue weighted by Gasteiger charge is 2.26. The van der Waals surface area contributed by atoms with Gasteiger partial charge in [0.1, 0.15) is 5.75 Å². The zero-order valence-electron chi connectivity index (χ0n) is 11.8. The Balaban J connectivity index is 2.12. The average Bonchev–Trinajstić information content (AvgIpc) is 2.96. The zero-order chi connectivity index (χ0) is 15.4. The van der Waals surface area contributed by atoms with E-state index in [0.717, 1.165) is 6.42 Å². The van der Waals surface area contributed by atoms with Crippen LogP contribution >= 0.6 is 0 Å². The van der Waals surface area contributed by atoms with E-state index in [2.05, 4.69) is 5.32 Å². The van der Waals surface area contributed by atoms with E-state index in [9.17, 15) is 14.7 Å². The first-order chi connectivity index (χ1) is 10.0. The molecule has 1 aromatic carbocycles. The smallest absolute Gasteiger partial charge is 0.337 e. The molecule has 7 heteroatoms. The quantitative estimate of drug-likeness (QED) is 0.773. The van der Waals surface area contributed by atoms with Gasteiger partial charge in [0.2, 0.25) is 0 Å². The first kappa shape index (κ1) is 15.1. The van der Waals surface area contributed by atoms with Crippen molar-refractivity contribution in [1.82, 2.24) is 4.90 Å². The number of carbonyl (C=O) groups excluding carboxylic acids is 1. The number of nitrogens with two attached hydrogens (primary N) is 1. The number of hydrogen-bond donors (Lipinski definition) is 3. The molecule has 7 nitrogen and oxygen atoms in total. The van der Waals surface area contributed by atoms with E-state index in [1.807, 2.05) is 0 Å². The molecular weight excluding hydrogens is 274 g/mol. The molecule has 1 aromatic rings. The maximum atomic E-state index is 12.2. The minimum atomic E-state index is -1.12. The van der Waals surface area contributed by atoms with Crippen molar-refractivity contribution in [3.63, 3.8) is 0 Å². The Bertz CT molecular complexity index is 547. The van der Waals surface area contributed by atoms with Crippen molar-refractivity contribution in [1.29, 1.82) is 0 Å². The minimum Gasteiger partial charge on any atom is -0.497 e. The predicted molar refractivity (Wildman–Crippen MR) is 77.7 cm³/mol. The van der Waals surface area contributed by atoms with Crippen molar-refractivity contribution >= 4 is 17.7 Å². The van der Waals surface area contributed by atoms with Crippen molar-refractivity contribution in [3.8, 4) is 5.75 Å². The maximum absolute atomic E-state index is 12.2. The number of hydrogen-bond acceptors (Lipinski definition) is 4. The highest BCUT2D eigenvalue weighted by Crippen LogP contribution is 2.23. The number of carbonyl (C=O) groups is 2. The molecule has 0 saturated carbocycles. The van der Waals surface area contributed by atoms with Crippen LogP contribution in [0, 0.1) is 5.92 Å². The highest BCUT2D eigenvalue weighted by atomic mass is 16.5. The lowest BCUT2D eigenvalue weighted by Gasteiger charge is -2.18. The summed E-state index contributed by atoms with van der Waals surface area (Å²) in [6.07, 6.45) is 0.873. The summed E-state index contributed by atoms with van der Waals surface area (Å²) in [6.45, 7) is 1.78. The number of carboxylic acids is 1. The molecule has 1 saturated heterocycles. The number of nitrogens with one attached hydrogen (secondary N) is 1. The second-order valence-electron chi connectivity index (χ2n) is 4.98. The van der Waals surface area contributed by atoms with Crippen molar-refractivity contribution in [2.24, 2.45) is 11.7 Å². The topological polar surface area (TPSA) is 105 Å². The first-order valence-electron chi connectivity index (χ1n) is 6.72. The Morgan fingerprint density at radius 2 is 2.29 bits per heavy atom. The lowest BCUT2D eigenvalue weighted by Crippen LogP contribution is -2.34. The molecule has 114 valence electrons. The van der Waals surface area contributed by atoms with E-state index < -0.39 is 5.97 Å². The van der Waals surface area contributed by atoms with E-state index in [1.54, 1.807) is 11.0 Å². The van der Waals surface area contributed by atoms with Crippen molar-refractivity contribution < 1.29 is 19.4 Å². The molecular formula is C14H19N3O4. The minimum absolute atomic E-state index is 0.00253. The number of urea groups is 1. The monoisotopic (exact) mass is 293 g/mol. The number of amides is 2. The van der Waals surface area contributed by atoms with E-state index in [4.69, 9.17) is 10.5 Å². The Morgan fingerprint density at radius 3 is 2.86 bits per heavy atom. The molecule has 2 amide bonds. The first-order valence-corrected chi connectivity index (χ1v) is 6.72. The van der Waals surface area contributed by atoms with Crippen LogP contribution in [0.2, 0.25) is 0 Å². The van der Waals surface area contributed by atoms with Crippen LogP contribution in [0.5, 0.6) is 5.75 Å². The van der Waals surface area contributed by atoms with Gasteiger partial charge < -0.3 is 25.8 Å². The van der Waals surface area contributed by atoms with Gasteiger partial charge in [-0.05, 0) is 37.1 Å². The Hall–Kier alpha value is -2.28. The van der Waals surface area contributed by atoms with Gasteiger partial charge in [0, 0.05) is 13.1 Å². The van der Waals surface area contributed by atoms with Crippen LogP contribution in [-0.4, -0.2) is 48.8 Å². The number of rotatable bonds is 4. The molecule has 1 fully saturated rings. The van der Waals surface area contributed by atoms with E-state index in [1.165, 1.54) is 19.2 Å². The van der Waals surface area contributed by atoms with Gasteiger partial charge in [-0.1, -0.05) is 0 Å². The number of methoxy groups -OCH3 is 1. The van der Waals surface area contributed by atoms with Crippen LogP contribution in [0.1, 0.15) is 16.8 Å². The number of carboxylic acid groups (broad SMARTS) is 1. The van der Waals surface area contributed by atoms with Gasteiger partial charge >= 0.3 is 12.0 Å². The Morgan fingerprint density at radius 1 is 1.52 bits per heavy atom. The van der Waals surface area contributed by atoms with Crippen LogP contribution in [-0.2, 0) is 0 Å². The molecule has 0 radical (unpaired) electrons. The molecule has 2 rings (SSSR count). The molecule has 1 unspecified atom stereocenters. The average molecular weight is 293 g/mol. The summed E-state index contributed by atoms with van der Waals surface area (Å²) >= 11 is 0. The predicted octanol–water partition coefficient (Wildman–Crippen LogP) is 1.21. The van der Waals surface area contributed by atoms with Crippen molar-refractivity contribution in [2.45, 2.75) is 6.42 Å². The number of benzene rings is 1. The molecule has 4 N–H and O–H groups in total. The normalized spacial score (nSPS) is 17.6. The van der Waals surface area contributed by atoms with Crippen LogP contribution < -0.4 is 15.8 Å². The molecule has 0 aromatic heterocycles. The number of nitrogens with zero attached hydrogens (tertiary/aromatic N) is 1.